The third kappa shape index (κ3) is 3.72. The number of guanidine groups is 1. The second-order valence-corrected chi connectivity index (χ2v) is 4.68. The van der Waals surface area contributed by atoms with Gasteiger partial charge in [0.25, 0.3) is 0 Å². The van der Waals surface area contributed by atoms with Crippen LogP contribution in [0.4, 0.5) is 0 Å². The molecule has 1 rings (SSSR count). The number of nitrogens with zero attached hydrogens (tertiary/aromatic N) is 3. The normalized spacial score (nSPS) is 19.2. The third-order valence-corrected chi connectivity index (χ3v) is 2.62. The topological polar surface area (TPSA) is 61.9 Å². The van der Waals surface area contributed by atoms with Crippen molar-refractivity contribution in [3.63, 3.8) is 0 Å². The molecule has 1 saturated heterocycles. The van der Waals surface area contributed by atoms with Crippen LogP contribution in [0.1, 0.15) is 20.3 Å². The zero-order valence-corrected chi connectivity index (χ0v) is 10.4. The number of amides is 1. The first-order chi connectivity index (χ1) is 7.50. The van der Waals surface area contributed by atoms with E-state index in [0.29, 0.717) is 25.0 Å². The van der Waals surface area contributed by atoms with Crippen molar-refractivity contribution in [2.75, 3.05) is 33.2 Å². The summed E-state index contributed by atoms with van der Waals surface area (Å²) in [6, 6.07) is 0. The molecule has 0 saturated carbocycles. The Morgan fingerprint density at radius 2 is 2.19 bits per heavy atom. The molecular formula is C11H22N4O. The zero-order chi connectivity index (χ0) is 12.1. The predicted octanol–water partition coefficient (Wildman–Crippen LogP) is 0.121. The largest absolute Gasteiger partial charge is 0.370 e. The lowest BCUT2D eigenvalue weighted by Gasteiger charge is -2.20. The summed E-state index contributed by atoms with van der Waals surface area (Å²) in [5.41, 5.74) is 5.88. The molecule has 1 heterocycles. The highest BCUT2D eigenvalue weighted by Gasteiger charge is 2.19. The van der Waals surface area contributed by atoms with E-state index < -0.39 is 0 Å². The smallest absolute Gasteiger partial charge is 0.241 e. The molecule has 16 heavy (non-hydrogen) atoms. The van der Waals surface area contributed by atoms with Crippen molar-refractivity contribution in [1.82, 2.24) is 9.80 Å². The molecule has 0 unspecified atom stereocenters. The van der Waals surface area contributed by atoms with Gasteiger partial charge in [0.1, 0.15) is 0 Å². The standard InChI is InChI=1S/C11H22N4O/c1-9(2)7-13-11(12)15-6-4-5-14(3)10(16)8-15/h9H,4-8H2,1-3H3,(H2,12,13). The van der Waals surface area contributed by atoms with Crippen molar-refractivity contribution in [3.05, 3.63) is 0 Å². The number of carbonyl (C=O) groups excluding carboxylic acids is 1. The van der Waals surface area contributed by atoms with Gasteiger partial charge in [-0.25, -0.2) is 0 Å². The number of hydrogen-bond donors (Lipinski definition) is 1. The van der Waals surface area contributed by atoms with E-state index in [2.05, 4.69) is 18.8 Å². The highest BCUT2D eigenvalue weighted by Crippen LogP contribution is 2.02. The number of hydrogen-bond acceptors (Lipinski definition) is 2. The lowest BCUT2D eigenvalue weighted by Crippen LogP contribution is -2.42. The van der Waals surface area contributed by atoms with Crippen LogP contribution in [0.15, 0.2) is 4.99 Å². The van der Waals surface area contributed by atoms with Gasteiger partial charge in [-0.15, -0.1) is 0 Å². The maximum atomic E-state index is 11.6. The Morgan fingerprint density at radius 1 is 1.50 bits per heavy atom. The van der Waals surface area contributed by atoms with Gasteiger partial charge in [0.2, 0.25) is 5.91 Å². The van der Waals surface area contributed by atoms with Crippen molar-refractivity contribution in [2.24, 2.45) is 16.6 Å². The molecule has 5 heteroatoms. The van der Waals surface area contributed by atoms with Gasteiger partial charge >= 0.3 is 0 Å². The molecule has 0 bridgehead atoms. The van der Waals surface area contributed by atoms with Crippen LogP contribution in [-0.2, 0) is 4.79 Å². The summed E-state index contributed by atoms with van der Waals surface area (Å²) in [7, 11) is 1.83. The Morgan fingerprint density at radius 3 is 2.81 bits per heavy atom. The van der Waals surface area contributed by atoms with E-state index in [4.69, 9.17) is 5.73 Å². The molecule has 0 spiro atoms. The van der Waals surface area contributed by atoms with E-state index in [1.165, 1.54) is 0 Å². The van der Waals surface area contributed by atoms with E-state index in [0.717, 1.165) is 19.5 Å². The fourth-order valence-corrected chi connectivity index (χ4v) is 1.56. The van der Waals surface area contributed by atoms with E-state index in [1.54, 1.807) is 4.90 Å². The Hall–Kier alpha value is -1.26. The molecule has 1 amide bonds. The number of rotatable bonds is 2. The molecule has 0 aromatic heterocycles. The van der Waals surface area contributed by atoms with Crippen LogP contribution in [0.2, 0.25) is 0 Å². The molecule has 92 valence electrons. The molecule has 1 aliphatic rings. The zero-order valence-electron chi connectivity index (χ0n) is 10.4. The molecule has 0 aromatic rings. The van der Waals surface area contributed by atoms with Crippen molar-refractivity contribution in [3.8, 4) is 0 Å². The summed E-state index contributed by atoms with van der Waals surface area (Å²) in [4.78, 5) is 19.6. The maximum absolute atomic E-state index is 11.6. The van der Waals surface area contributed by atoms with E-state index in [9.17, 15) is 4.79 Å². The number of carbonyl (C=O) groups is 1. The number of nitrogens with two attached hydrogens (primary N) is 1. The minimum atomic E-state index is 0.111. The first-order valence-corrected chi connectivity index (χ1v) is 5.79. The van der Waals surface area contributed by atoms with Crippen LogP contribution in [-0.4, -0.2) is 54.9 Å². The van der Waals surface area contributed by atoms with Crippen molar-refractivity contribution in [2.45, 2.75) is 20.3 Å². The molecule has 1 fully saturated rings. The molecule has 1 aliphatic heterocycles. The predicted molar refractivity (Wildman–Crippen MR) is 65.2 cm³/mol. The van der Waals surface area contributed by atoms with E-state index in [-0.39, 0.29) is 5.91 Å². The lowest BCUT2D eigenvalue weighted by molar-refractivity contribution is -0.129. The SMILES string of the molecule is CC(C)CN=C(N)N1CCCN(C)C(=O)C1. The molecule has 0 radical (unpaired) electrons. The summed E-state index contributed by atoms with van der Waals surface area (Å²) >= 11 is 0. The average molecular weight is 226 g/mol. The Balaban J connectivity index is 2.58. The first-order valence-electron chi connectivity index (χ1n) is 5.79. The lowest BCUT2D eigenvalue weighted by atomic mass is 10.2. The second kappa shape index (κ2) is 5.72. The summed E-state index contributed by atoms with van der Waals surface area (Å²) in [5.74, 6) is 1.10. The Kier molecular flexibility index (Phi) is 4.58. The van der Waals surface area contributed by atoms with Crippen LogP contribution >= 0.6 is 0 Å². The van der Waals surface area contributed by atoms with E-state index in [1.807, 2.05) is 11.9 Å². The summed E-state index contributed by atoms with van der Waals surface area (Å²) in [6.45, 7) is 6.86. The van der Waals surface area contributed by atoms with E-state index >= 15 is 0 Å². The summed E-state index contributed by atoms with van der Waals surface area (Å²) in [5, 5.41) is 0. The Bertz CT molecular complexity index is 275. The third-order valence-electron chi connectivity index (χ3n) is 2.62. The van der Waals surface area contributed by atoms with Gasteiger partial charge in [-0.1, -0.05) is 13.8 Å². The Labute approximate surface area is 97.3 Å². The fourth-order valence-electron chi connectivity index (χ4n) is 1.56. The quantitative estimate of drug-likeness (QED) is 0.537. The molecular weight excluding hydrogens is 204 g/mol. The number of aliphatic imine (C=N–C) groups is 1. The minimum absolute atomic E-state index is 0.111. The van der Waals surface area contributed by atoms with Crippen LogP contribution in [0.3, 0.4) is 0 Å². The van der Waals surface area contributed by atoms with Gasteiger partial charge in [-0.2, -0.15) is 0 Å². The van der Waals surface area contributed by atoms with Gasteiger partial charge < -0.3 is 15.5 Å². The second-order valence-electron chi connectivity index (χ2n) is 4.68. The van der Waals surface area contributed by atoms with Gasteiger partial charge in [0.05, 0.1) is 6.54 Å². The highest BCUT2D eigenvalue weighted by atomic mass is 16.2. The van der Waals surface area contributed by atoms with Crippen molar-refractivity contribution in [1.29, 1.82) is 0 Å². The van der Waals surface area contributed by atoms with Gasteiger partial charge in [0, 0.05) is 26.7 Å². The summed E-state index contributed by atoms with van der Waals surface area (Å²) in [6.07, 6.45) is 0.945. The molecule has 5 nitrogen and oxygen atoms in total. The monoisotopic (exact) mass is 226 g/mol. The van der Waals surface area contributed by atoms with Crippen molar-refractivity contribution >= 4 is 11.9 Å². The molecule has 0 aliphatic carbocycles. The summed E-state index contributed by atoms with van der Waals surface area (Å²) < 4.78 is 0. The highest BCUT2D eigenvalue weighted by molar-refractivity contribution is 5.85. The van der Waals surface area contributed by atoms with Crippen LogP contribution in [0, 0.1) is 5.92 Å². The minimum Gasteiger partial charge on any atom is -0.370 e. The maximum Gasteiger partial charge on any atom is 0.241 e. The number of likely N-dealkylation sites (N-methyl/N-ethyl adjacent to an activating group) is 1. The van der Waals surface area contributed by atoms with Crippen molar-refractivity contribution < 1.29 is 4.79 Å². The fraction of sp³-hybridized carbons (Fsp3) is 0.818. The van der Waals surface area contributed by atoms with Crippen LogP contribution < -0.4 is 5.73 Å². The molecule has 0 atom stereocenters. The first kappa shape index (κ1) is 12.8. The van der Waals surface area contributed by atoms with Gasteiger partial charge in [-0.3, -0.25) is 9.79 Å². The van der Waals surface area contributed by atoms with Crippen LogP contribution in [0.25, 0.3) is 0 Å². The van der Waals surface area contributed by atoms with Crippen LogP contribution in [0.5, 0.6) is 0 Å². The molecule has 2 N–H and O–H groups in total. The average Bonchev–Trinajstić information content (AvgIpc) is 2.38. The van der Waals surface area contributed by atoms with Gasteiger partial charge in [0.15, 0.2) is 5.96 Å². The van der Waals surface area contributed by atoms with Gasteiger partial charge in [-0.05, 0) is 12.3 Å². The molecule has 0 aromatic carbocycles.